The van der Waals surface area contributed by atoms with Crippen LogP contribution in [-0.2, 0) is 0 Å². The van der Waals surface area contributed by atoms with Gasteiger partial charge in [-0.1, -0.05) is 20.8 Å². The maximum absolute atomic E-state index is 12.7. The molecule has 1 aliphatic heterocycles. The van der Waals surface area contributed by atoms with Gasteiger partial charge in [0.05, 0.1) is 24.5 Å². The van der Waals surface area contributed by atoms with Crippen LogP contribution < -0.4 is 10.1 Å². The molecule has 1 aromatic heterocycles. The van der Waals surface area contributed by atoms with E-state index in [-0.39, 0.29) is 5.91 Å². The van der Waals surface area contributed by atoms with Gasteiger partial charge in [-0.05, 0) is 50.3 Å². The minimum absolute atomic E-state index is 0.0876. The Kier molecular flexibility index (Phi) is 7.46. The third-order valence-electron chi connectivity index (χ3n) is 5.33. The van der Waals surface area contributed by atoms with Crippen LogP contribution in [0.4, 0.5) is 0 Å². The van der Waals surface area contributed by atoms with E-state index in [0.29, 0.717) is 47.1 Å². The molecular formula is C23H30N4O2S. The summed E-state index contributed by atoms with van der Waals surface area (Å²) in [7, 11) is 0. The number of thiazole rings is 1. The molecule has 2 aromatic rings. The number of nitrogens with one attached hydrogen (secondary N) is 1. The smallest absolute Gasteiger partial charge is 0.264 e. The van der Waals surface area contributed by atoms with E-state index in [9.17, 15) is 10.1 Å². The van der Waals surface area contributed by atoms with Gasteiger partial charge in [0.1, 0.15) is 21.7 Å². The zero-order chi connectivity index (χ0) is 21.7. The van der Waals surface area contributed by atoms with Gasteiger partial charge in [0.25, 0.3) is 5.91 Å². The van der Waals surface area contributed by atoms with Gasteiger partial charge < -0.3 is 10.1 Å². The number of hydrogen-bond donors (Lipinski definition) is 1. The van der Waals surface area contributed by atoms with Crippen LogP contribution >= 0.6 is 11.3 Å². The fourth-order valence-electron chi connectivity index (χ4n) is 3.68. The van der Waals surface area contributed by atoms with Crippen molar-refractivity contribution in [3.63, 3.8) is 0 Å². The lowest BCUT2D eigenvalue weighted by atomic mass is 10.1. The van der Waals surface area contributed by atoms with Gasteiger partial charge in [-0.25, -0.2) is 4.98 Å². The molecule has 1 aliphatic rings. The SMILES string of the molecule is CCC1CCCN1CNC(=O)c1sc(-c2ccc(OCC(C)C)c(C#N)c2)nc1C. The van der Waals surface area contributed by atoms with Crippen molar-refractivity contribution >= 4 is 17.2 Å². The molecule has 0 saturated carbocycles. The molecule has 1 unspecified atom stereocenters. The Labute approximate surface area is 182 Å². The molecule has 2 heterocycles. The molecule has 30 heavy (non-hydrogen) atoms. The lowest BCUT2D eigenvalue weighted by molar-refractivity contribution is 0.0920. The Balaban J connectivity index is 1.72. The Morgan fingerprint density at radius 3 is 2.97 bits per heavy atom. The third-order valence-corrected chi connectivity index (χ3v) is 6.54. The number of aryl methyl sites for hydroxylation is 1. The first-order chi connectivity index (χ1) is 14.4. The summed E-state index contributed by atoms with van der Waals surface area (Å²) in [5.74, 6) is 0.875. The largest absolute Gasteiger partial charge is 0.492 e. The zero-order valence-electron chi connectivity index (χ0n) is 18.2. The van der Waals surface area contributed by atoms with E-state index < -0.39 is 0 Å². The van der Waals surface area contributed by atoms with Crippen LogP contribution in [0.5, 0.6) is 5.75 Å². The summed E-state index contributed by atoms with van der Waals surface area (Å²) >= 11 is 1.36. The summed E-state index contributed by atoms with van der Waals surface area (Å²) in [5, 5.41) is 13.3. The molecule has 0 spiro atoms. The quantitative estimate of drug-likeness (QED) is 0.668. The zero-order valence-corrected chi connectivity index (χ0v) is 19.0. The second kappa shape index (κ2) is 10.1. The highest BCUT2D eigenvalue weighted by molar-refractivity contribution is 7.17. The van der Waals surface area contributed by atoms with Gasteiger partial charge in [-0.2, -0.15) is 5.26 Å². The summed E-state index contributed by atoms with van der Waals surface area (Å²) in [6, 6.07) is 8.25. The van der Waals surface area contributed by atoms with Crippen molar-refractivity contribution in [3.8, 4) is 22.4 Å². The summed E-state index contributed by atoms with van der Waals surface area (Å²) in [4.78, 5) is 20.3. The van der Waals surface area contributed by atoms with E-state index in [1.165, 1.54) is 24.2 Å². The number of nitrogens with zero attached hydrogens (tertiary/aromatic N) is 3. The monoisotopic (exact) mass is 426 g/mol. The lowest BCUT2D eigenvalue weighted by Crippen LogP contribution is -2.40. The average molecular weight is 427 g/mol. The van der Waals surface area contributed by atoms with Crippen LogP contribution in [0.25, 0.3) is 10.6 Å². The highest BCUT2D eigenvalue weighted by Gasteiger charge is 2.24. The first-order valence-corrected chi connectivity index (χ1v) is 11.4. The Bertz CT molecular complexity index is 932. The highest BCUT2D eigenvalue weighted by Crippen LogP contribution is 2.31. The first-order valence-electron chi connectivity index (χ1n) is 10.6. The van der Waals surface area contributed by atoms with Gasteiger partial charge >= 0.3 is 0 Å². The number of amides is 1. The molecule has 0 aliphatic carbocycles. The third kappa shape index (κ3) is 5.18. The molecule has 0 bridgehead atoms. The van der Waals surface area contributed by atoms with Crippen molar-refractivity contribution in [1.29, 1.82) is 5.26 Å². The van der Waals surface area contributed by atoms with Gasteiger partial charge in [0.15, 0.2) is 0 Å². The van der Waals surface area contributed by atoms with Crippen molar-refractivity contribution < 1.29 is 9.53 Å². The van der Waals surface area contributed by atoms with Crippen molar-refractivity contribution in [2.24, 2.45) is 5.92 Å². The van der Waals surface area contributed by atoms with Gasteiger partial charge in [-0.3, -0.25) is 9.69 Å². The van der Waals surface area contributed by atoms with E-state index in [0.717, 1.165) is 23.5 Å². The summed E-state index contributed by atoms with van der Waals surface area (Å²) in [6.45, 7) is 10.3. The topological polar surface area (TPSA) is 78.3 Å². The number of hydrogen-bond acceptors (Lipinski definition) is 6. The fraction of sp³-hybridized carbons (Fsp3) is 0.522. The fourth-order valence-corrected chi connectivity index (χ4v) is 4.66. The lowest BCUT2D eigenvalue weighted by Gasteiger charge is -2.23. The van der Waals surface area contributed by atoms with Crippen molar-refractivity contribution in [3.05, 3.63) is 34.3 Å². The standard InChI is InChI=1S/C23H30N4O2S/c1-5-19-7-6-10-27(19)14-25-22(28)21-16(4)26-23(30-21)17-8-9-20(18(11-17)12-24)29-13-15(2)3/h8-9,11,15,19H,5-7,10,13-14H2,1-4H3,(H,25,28). The van der Waals surface area contributed by atoms with Crippen LogP contribution in [0.2, 0.25) is 0 Å². The Morgan fingerprint density at radius 2 is 2.27 bits per heavy atom. The first kappa shape index (κ1) is 22.3. The van der Waals surface area contributed by atoms with Crippen LogP contribution in [0.3, 0.4) is 0 Å². The summed E-state index contributed by atoms with van der Waals surface area (Å²) in [6.07, 6.45) is 3.50. The van der Waals surface area contributed by atoms with Crippen LogP contribution in [-0.4, -0.2) is 41.7 Å². The highest BCUT2D eigenvalue weighted by atomic mass is 32.1. The molecule has 7 heteroatoms. The van der Waals surface area contributed by atoms with Crippen LogP contribution in [0.15, 0.2) is 18.2 Å². The maximum atomic E-state index is 12.7. The number of ether oxygens (including phenoxy) is 1. The molecule has 6 nitrogen and oxygen atoms in total. The minimum atomic E-state index is -0.0876. The molecule has 1 fully saturated rings. The molecule has 1 saturated heterocycles. The molecule has 1 N–H and O–H groups in total. The number of carbonyl (C=O) groups is 1. The number of carbonyl (C=O) groups excluding carboxylic acids is 1. The summed E-state index contributed by atoms with van der Waals surface area (Å²) in [5.41, 5.74) is 2.01. The molecule has 1 aromatic carbocycles. The Hall–Kier alpha value is -2.43. The second-order valence-corrected chi connectivity index (χ2v) is 9.14. The molecule has 0 radical (unpaired) electrons. The predicted octanol–water partition coefficient (Wildman–Crippen LogP) is 4.59. The number of aromatic nitrogens is 1. The molecule has 160 valence electrons. The van der Waals surface area contributed by atoms with Gasteiger partial charge in [0, 0.05) is 18.2 Å². The number of nitriles is 1. The van der Waals surface area contributed by atoms with E-state index in [4.69, 9.17) is 4.74 Å². The number of likely N-dealkylation sites (tertiary alicyclic amines) is 1. The Morgan fingerprint density at radius 1 is 1.47 bits per heavy atom. The van der Waals surface area contributed by atoms with Gasteiger partial charge in [-0.15, -0.1) is 11.3 Å². The van der Waals surface area contributed by atoms with Crippen molar-refractivity contribution in [2.75, 3.05) is 19.8 Å². The van der Waals surface area contributed by atoms with Gasteiger partial charge in [0.2, 0.25) is 0 Å². The van der Waals surface area contributed by atoms with Crippen molar-refractivity contribution in [2.45, 2.75) is 53.0 Å². The molecule has 1 atom stereocenters. The maximum Gasteiger partial charge on any atom is 0.264 e. The van der Waals surface area contributed by atoms with E-state index >= 15 is 0 Å². The second-order valence-electron chi connectivity index (χ2n) is 8.14. The molecule has 1 amide bonds. The number of benzene rings is 1. The molecule has 3 rings (SSSR count). The van der Waals surface area contributed by atoms with E-state index in [1.807, 2.05) is 19.1 Å². The van der Waals surface area contributed by atoms with Crippen LogP contribution in [0, 0.1) is 24.2 Å². The summed E-state index contributed by atoms with van der Waals surface area (Å²) < 4.78 is 5.74. The minimum Gasteiger partial charge on any atom is -0.492 e. The molecular weight excluding hydrogens is 396 g/mol. The number of rotatable bonds is 8. The average Bonchev–Trinajstić information content (AvgIpc) is 3.36. The van der Waals surface area contributed by atoms with E-state index in [2.05, 4.69) is 42.0 Å². The van der Waals surface area contributed by atoms with Crippen LogP contribution in [0.1, 0.15) is 61.0 Å². The van der Waals surface area contributed by atoms with Crippen molar-refractivity contribution in [1.82, 2.24) is 15.2 Å². The van der Waals surface area contributed by atoms with E-state index in [1.54, 1.807) is 6.07 Å². The normalized spacial score (nSPS) is 16.6. The predicted molar refractivity (Wildman–Crippen MR) is 120 cm³/mol.